The molecule has 2 amide bonds. The van der Waals surface area contributed by atoms with Crippen molar-refractivity contribution in [3.63, 3.8) is 0 Å². The number of carbonyl (C=O) groups excluding carboxylic acids is 1. The monoisotopic (exact) mass is 362 g/mol. The quantitative estimate of drug-likeness (QED) is 0.728. The van der Waals surface area contributed by atoms with Crippen molar-refractivity contribution >= 4 is 11.8 Å². The maximum absolute atomic E-state index is 12.6. The molecule has 1 unspecified atom stereocenters. The van der Waals surface area contributed by atoms with Crippen molar-refractivity contribution in [2.75, 3.05) is 5.32 Å². The van der Waals surface area contributed by atoms with E-state index in [-0.39, 0.29) is 12.1 Å². The Hall–Kier alpha value is -3.22. The van der Waals surface area contributed by atoms with Crippen LogP contribution in [0.3, 0.4) is 0 Å². The van der Waals surface area contributed by atoms with Gasteiger partial charge in [-0.15, -0.1) is 0 Å². The number of rotatable bonds is 5. The van der Waals surface area contributed by atoms with E-state index >= 15 is 0 Å². The number of aromatic nitrogens is 4. The fraction of sp³-hybridized carbons (Fsp3) is 0.300. The first kappa shape index (κ1) is 17.2. The first-order chi connectivity index (χ1) is 13.1. The highest BCUT2D eigenvalue weighted by Crippen LogP contribution is 2.40. The summed E-state index contributed by atoms with van der Waals surface area (Å²) in [7, 11) is 1.80. The normalized spacial score (nSPS) is 14.6. The molecule has 0 bridgehead atoms. The molecule has 0 aliphatic heterocycles. The van der Waals surface area contributed by atoms with Crippen molar-refractivity contribution in [3.05, 3.63) is 60.2 Å². The summed E-state index contributed by atoms with van der Waals surface area (Å²) in [5.74, 6) is 1.07. The highest BCUT2D eigenvalue weighted by atomic mass is 16.2. The fourth-order valence-electron chi connectivity index (χ4n) is 3.13. The zero-order valence-corrected chi connectivity index (χ0v) is 15.4. The number of anilines is 1. The zero-order chi connectivity index (χ0) is 18.8. The number of nitrogens with zero attached hydrogens (tertiary/aromatic N) is 4. The Morgan fingerprint density at radius 3 is 2.81 bits per heavy atom. The first-order valence-corrected chi connectivity index (χ1v) is 9.04. The molecule has 4 rings (SSSR count). The van der Waals surface area contributed by atoms with Crippen molar-refractivity contribution in [3.8, 4) is 11.3 Å². The Morgan fingerprint density at radius 1 is 1.26 bits per heavy atom. The highest BCUT2D eigenvalue weighted by Gasteiger charge is 2.34. The van der Waals surface area contributed by atoms with Gasteiger partial charge in [-0.05, 0) is 55.5 Å². The summed E-state index contributed by atoms with van der Waals surface area (Å²) in [6, 6.07) is 9.31. The molecule has 138 valence electrons. The average Bonchev–Trinajstić information content (AvgIpc) is 3.44. The summed E-state index contributed by atoms with van der Waals surface area (Å²) in [5, 5.41) is 10.4. The van der Waals surface area contributed by atoms with Gasteiger partial charge in [0.2, 0.25) is 0 Å². The predicted molar refractivity (Wildman–Crippen MR) is 103 cm³/mol. The van der Waals surface area contributed by atoms with Gasteiger partial charge in [-0.2, -0.15) is 5.10 Å². The van der Waals surface area contributed by atoms with Gasteiger partial charge in [0.1, 0.15) is 5.82 Å². The number of urea groups is 1. The molecule has 1 fully saturated rings. The van der Waals surface area contributed by atoms with Crippen LogP contribution in [0.2, 0.25) is 0 Å². The van der Waals surface area contributed by atoms with E-state index in [4.69, 9.17) is 0 Å². The van der Waals surface area contributed by atoms with Crippen LogP contribution in [0.15, 0.2) is 48.9 Å². The lowest BCUT2D eigenvalue weighted by Crippen LogP contribution is -2.34. The summed E-state index contributed by atoms with van der Waals surface area (Å²) in [5.41, 5.74) is 3.72. The lowest BCUT2D eigenvalue weighted by molar-refractivity contribution is 0.246. The van der Waals surface area contributed by atoms with Crippen molar-refractivity contribution in [2.24, 2.45) is 13.0 Å². The first-order valence-electron chi connectivity index (χ1n) is 9.04. The van der Waals surface area contributed by atoms with E-state index in [0.29, 0.717) is 11.7 Å². The Labute approximate surface area is 157 Å². The van der Waals surface area contributed by atoms with Crippen LogP contribution in [0.4, 0.5) is 10.6 Å². The fourth-order valence-corrected chi connectivity index (χ4v) is 3.13. The number of carbonyl (C=O) groups is 1. The average molecular weight is 362 g/mol. The third kappa shape index (κ3) is 3.97. The summed E-state index contributed by atoms with van der Waals surface area (Å²) >= 11 is 0. The number of nitrogens with one attached hydrogen (secondary N) is 2. The van der Waals surface area contributed by atoms with Crippen LogP contribution < -0.4 is 10.6 Å². The molecule has 0 radical (unpaired) electrons. The topological polar surface area (TPSA) is 84.7 Å². The number of hydrogen-bond donors (Lipinski definition) is 2. The van der Waals surface area contributed by atoms with E-state index < -0.39 is 0 Å². The molecule has 1 saturated carbocycles. The van der Waals surface area contributed by atoms with Gasteiger partial charge in [0.25, 0.3) is 0 Å². The SMILES string of the molecule is Cc1ccnc(C(NC(=O)Nc2cc(-c3cccnc3)nn2C)C2CC2)c1. The van der Waals surface area contributed by atoms with Gasteiger partial charge in [0.05, 0.1) is 17.4 Å². The summed E-state index contributed by atoms with van der Waals surface area (Å²) in [6.07, 6.45) is 7.48. The minimum atomic E-state index is -0.254. The lowest BCUT2D eigenvalue weighted by atomic mass is 10.1. The van der Waals surface area contributed by atoms with Crippen molar-refractivity contribution in [2.45, 2.75) is 25.8 Å². The Bertz CT molecular complexity index is 948. The predicted octanol–water partition coefficient (Wildman–Crippen LogP) is 3.46. The molecular weight excluding hydrogens is 340 g/mol. The van der Waals surface area contributed by atoms with Gasteiger partial charge >= 0.3 is 6.03 Å². The molecule has 3 aromatic rings. The van der Waals surface area contributed by atoms with Gasteiger partial charge in [-0.25, -0.2) is 4.79 Å². The minimum Gasteiger partial charge on any atom is -0.329 e. The maximum atomic E-state index is 12.6. The molecule has 0 aromatic carbocycles. The number of pyridine rings is 2. The van der Waals surface area contributed by atoms with Crippen LogP contribution in [0.1, 0.15) is 30.1 Å². The summed E-state index contributed by atoms with van der Waals surface area (Å²) < 4.78 is 1.65. The molecule has 1 atom stereocenters. The molecule has 2 N–H and O–H groups in total. The molecule has 7 heteroatoms. The molecule has 7 nitrogen and oxygen atoms in total. The maximum Gasteiger partial charge on any atom is 0.320 e. The molecule has 0 spiro atoms. The third-order valence-electron chi connectivity index (χ3n) is 4.71. The van der Waals surface area contributed by atoms with Gasteiger partial charge in [0.15, 0.2) is 0 Å². The molecule has 0 saturated heterocycles. The van der Waals surface area contributed by atoms with Crippen LogP contribution in [0, 0.1) is 12.8 Å². The molecule has 1 aliphatic rings. The second kappa shape index (κ2) is 7.19. The standard InChI is InChI=1S/C20H22N6O/c1-13-7-9-22-17(10-13)19(14-5-6-14)24-20(27)23-18-11-16(25-26(18)2)15-4-3-8-21-12-15/h3-4,7-12,14,19H,5-6H2,1-2H3,(H2,23,24,27). The van der Waals surface area contributed by atoms with Crippen molar-refractivity contribution in [1.29, 1.82) is 0 Å². The van der Waals surface area contributed by atoms with E-state index in [0.717, 1.165) is 35.4 Å². The molecule has 3 heterocycles. The zero-order valence-electron chi connectivity index (χ0n) is 15.4. The number of hydrogen-bond acceptors (Lipinski definition) is 4. The van der Waals surface area contributed by atoms with Gasteiger partial charge in [0, 0.05) is 37.3 Å². The van der Waals surface area contributed by atoms with Crippen LogP contribution in [-0.2, 0) is 7.05 Å². The van der Waals surface area contributed by atoms with Gasteiger partial charge in [-0.1, -0.05) is 0 Å². The smallest absolute Gasteiger partial charge is 0.320 e. The Morgan fingerprint density at radius 2 is 2.11 bits per heavy atom. The van der Waals surface area contributed by atoms with Crippen molar-refractivity contribution in [1.82, 2.24) is 25.1 Å². The minimum absolute atomic E-state index is 0.0732. The van der Waals surface area contributed by atoms with Crippen LogP contribution in [0.25, 0.3) is 11.3 Å². The van der Waals surface area contributed by atoms with E-state index in [1.807, 2.05) is 37.3 Å². The lowest BCUT2D eigenvalue weighted by Gasteiger charge is -2.18. The molecular formula is C20H22N6O. The van der Waals surface area contributed by atoms with Gasteiger partial charge in [-0.3, -0.25) is 20.0 Å². The third-order valence-corrected chi connectivity index (χ3v) is 4.71. The largest absolute Gasteiger partial charge is 0.329 e. The van der Waals surface area contributed by atoms with E-state index in [1.165, 1.54) is 0 Å². The van der Waals surface area contributed by atoms with E-state index in [2.05, 4.69) is 25.7 Å². The van der Waals surface area contributed by atoms with Crippen molar-refractivity contribution < 1.29 is 4.79 Å². The summed E-state index contributed by atoms with van der Waals surface area (Å²) in [4.78, 5) is 21.2. The van der Waals surface area contributed by atoms with Gasteiger partial charge < -0.3 is 5.32 Å². The van der Waals surface area contributed by atoms with Crippen LogP contribution >= 0.6 is 0 Å². The second-order valence-electron chi connectivity index (χ2n) is 6.95. The Balaban J connectivity index is 1.48. The molecule has 1 aliphatic carbocycles. The molecule has 3 aromatic heterocycles. The number of amides is 2. The van der Waals surface area contributed by atoms with E-state index in [9.17, 15) is 4.79 Å². The highest BCUT2D eigenvalue weighted by molar-refractivity contribution is 5.89. The van der Waals surface area contributed by atoms with E-state index in [1.54, 1.807) is 30.3 Å². The van der Waals surface area contributed by atoms with Crippen LogP contribution in [-0.4, -0.2) is 25.8 Å². The Kier molecular flexibility index (Phi) is 4.58. The summed E-state index contributed by atoms with van der Waals surface area (Å²) in [6.45, 7) is 2.03. The number of aryl methyl sites for hydroxylation is 2. The molecule has 27 heavy (non-hydrogen) atoms. The van der Waals surface area contributed by atoms with Crippen LogP contribution in [0.5, 0.6) is 0 Å². The second-order valence-corrected chi connectivity index (χ2v) is 6.95.